The van der Waals surface area contributed by atoms with Crippen molar-refractivity contribution in [2.45, 2.75) is 6.18 Å². The van der Waals surface area contributed by atoms with Crippen molar-refractivity contribution in [2.75, 3.05) is 0 Å². The molecule has 0 saturated carbocycles. The molecule has 0 atom stereocenters. The van der Waals surface area contributed by atoms with Crippen LogP contribution in [0.3, 0.4) is 0 Å². The number of carboxylic acid groups (broad SMARTS) is 1. The van der Waals surface area contributed by atoms with E-state index in [1.54, 1.807) is 28.8 Å². The van der Waals surface area contributed by atoms with Crippen LogP contribution in [0.2, 0.25) is 0 Å². The molecule has 0 unspecified atom stereocenters. The summed E-state index contributed by atoms with van der Waals surface area (Å²) in [6.07, 6.45) is -4.52. The fourth-order valence-corrected chi connectivity index (χ4v) is 3.10. The van der Waals surface area contributed by atoms with Crippen LogP contribution in [-0.2, 0) is 6.18 Å². The summed E-state index contributed by atoms with van der Waals surface area (Å²) in [6.45, 7) is 0. The third-order valence-corrected chi connectivity index (χ3v) is 4.28. The van der Waals surface area contributed by atoms with Crippen LogP contribution >= 0.6 is 0 Å². The molecule has 0 spiro atoms. The summed E-state index contributed by atoms with van der Waals surface area (Å²) < 4.78 is 48.6. The van der Waals surface area contributed by atoms with Crippen LogP contribution in [-0.4, -0.2) is 15.6 Å². The molecule has 4 aromatic rings. The van der Waals surface area contributed by atoms with Gasteiger partial charge in [-0.2, -0.15) is 13.2 Å². The maximum atomic E-state index is 12.9. The molecule has 0 aliphatic carbocycles. The van der Waals surface area contributed by atoms with Gasteiger partial charge in [-0.3, -0.25) is 0 Å². The lowest BCUT2D eigenvalue weighted by molar-refractivity contribution is -0.137. The van der Waals surface area contributed by atoms with Crippen molar-refractivity contribution in [1.82, 2.24) is 4.57 Å². The van der Waals surface area contributed by atoms with Gasteiger partial charge in [-0.1, -0.05) is 18.2 Å². The molecular weight excluding hydrogens is 343 g/mol. The summed E-state index contributed by atoms with van der Waals surface area (Å²) >= 11 is 0. The van der Waals surface area contributed by atoms with Gasteiger partial charge in [0, 0.05) is 16.5 Å². The van der Waals surface area contributed by atoms with Crippen LogP contribution in [0.25, 0.3) is 27.5 Å². The van der Waals surface area contributed by atoms with Gasteiger partial charge >= 0.3 is 12.1 Å². The van der Waals surface area contributed by atoms with E-state index in [0.29, 0.717) is 16.4 Å². The molecule has 26 heavy (non-hydrogen) atoms. The number of carbonyl (C=O) groups is 1. The molecule has 4 rings (SSSR count). The molecule has 6 heteroatoms. The SMILES string of the molecule is [2H]c1cc(C(F)(F)F)ccc1-n1c2ccccc2c2cc(C(=O)O)ccc21. The molecule has 3 nitrogen and oxygen atoms in total. The minimum absolute atomic E-state index is 0.115. The van der Waals surface area contributed by atoms with Gasteiger partial charge in [0.05, 0.1) is 23.5 Å². The molecule has 0 radical (unpaired) electrons. The fraction of sp³-hybridized carbons (Fsp3) is 0.0500. The number of aromatic nitrogens is 1. The summed E-state index contributed by atoms with van der Waals surface area (Å²) in [6, 6.07) is 14.5. The van der Waals surface area contributed by atoms with E-state index in [2.05, 4.69) is 0 Å². The van der Waals surface area contributed by atoms with Gasteiger partial charge in [0.1, 0.15) is 0 Å². The molecule has 0 fully saturated rings. The van der Waals surface area contributed by atoms with Gasteiger partial charge < -0.3 is 9.67 Å². The Labute approximate surface area is 147 Å². The Balaban J connectivity index is 2.05. The third-order valence-electron chi connectivity index (χ3n) is 4.28. The Morgan fingerprint density at radius 2 is 1.69 bits per heavy atom. The number of halogens is 3. The molecule has 0 bridgehead atoms. The highest BCUT2D eigenvalue weighted by Gasteiger charge is 2.30. The molecule has 0 aliphatic heterocycles. The van der Waals surface area contributed by atoms with E-state index in [4.69, 9.17) is 1.37 Å². The molecule has 0 aliphatic rings. The van der Waals surface area contributed by atoms with Crippen molar-refractivity contribution in [2.24, 2.45) is 0 Å². The van der Waals surface area contributed by atoms with Crippen molar-refractivity contribution in [3.63, 3.8) is 0 Å². The van der Waals surface area contributed by atoms with E-state index < -0.39 is 17.7 Å². The largest absolute Gasteiger partial charge is 0.478 e. The monoisotopic (exact) mass is 356 g/mol. The van der Waals surface area contributed by atoms with Crippen molar-refractivity contribution in [3.05, 3.63) is 77.8 Å². The highest BCUT2D eigenvalue weighted by Crippen LogP contribution is 2.34. The molecule has 130 valence electrons. The lowest BCUT2D eigenvalue weighted by atomic mass is 10.1. The second-order valence-electron chi connectivity index (χ2n) is 5.85. The van der Waals surface area contributed by atoms with E-state index >= 15 is 0 Å². The quantitative estimate of drug-likeness (QED) is 0.515. The summed E-state index contributed by atoms with van der Waals surface area (Å²) in [5.41, 5.74) is 0.823. The fourth-order valence-electron chi connectivity index (χ4n) is 3.10. The van der Waals surface area contributed by atoms with E-state index in [-0.39, 0.29) is 17.3 Å². The van der Waals surface area contributed by atoms with Crippen LogP contribution < -0.4 is 0 Å². The average molecular weight is 356 g/mol. The van der Waals surface area contributed by atoms with Gasteiger partial charge in [-0.25, -0.2) is 4.79 Å². The van der Waals surface area contributed by atoms with E-state index in [9.17, 15) is 23.1 Å². The molecule has 1 heterocycles. The zero-order valence-corrected chi connectivity index (χ0v) is 13.2. The number of rotatable bonds is 2. The van der Waals surface area contributed by atoms with E-state index in [1.807, 2.05) is 6.07 Å². The predicted molar refractivity (Wildman–Crippen MR) is 92.7 cm³/mol. The Morgan fingerprint density at radius 3 is 2.38 bits per heavy atom. The third kappa shape index (κ3) is 2.50. The maximum absolute atomic E-state index is 12.9. The highest BCUT2D eigenvalue weighted by atomic mass is 19.4. The number of fused-ring (bicyclic) bond motifs is 3. The standard InChI is InChI=1S/C20H12F3NO2/c21-20(22,23)13-6-8-14(9-7-13)24-17-4-2-1-3-15(17)16-11-12(19(25)26)5-10-18(16)24/h1-11H,(H,25,26)/i8D. The number of hydrogen-bond donors (Lipinski definition) is 1. The van der Waals surface area contributed by atoms with Crippen molar-refractivity contribution in [1.29, 1.82) is 0 Å². The predicted octanol–water partition coefficient (Wildman–Crippen LogP) is 5.50. The second-order valence-corrected chi connectivity index (χ2v) is 5.85. The summed E-state index contributed by atoms with van der Waals surface area (Å²) in [4.78, 5) is 11.3. The average Bonchev–Trinajstić information content (AvgIpc) is 2.94. The topological polar surface area (TPSA) is 42.2 Å². The van der Waals surface area contributed by atoms with Crippen molar-refractivity contribution < 1.29 is 24.4 Å². The van der Waals surface area contributed by atoms with E-state index in [0.717, 1.165) is 17.5 Å². The van der Waals surface area contributed by atoms with E-state index in [1.165, 1.54) is 18.2 Å². The smallest absolute Gasteiger partial charge is 0.416 e. The lowest BCUT2D eigenvalue weighted by Gasteiger charge is -2.10. The van der Waals surface area contributed by atoms with Gasteiger partial charge in [-0.15, -0.1) is 0 Å². The molecule has 0 saturated heterocycles. The molecule has 1 N–H and O–H groups in total. The van der Waals surface area contributed by atoms with Crippen LogP contribution in [0.5, 0.6) is 0 Å². The number of nitrogens with zero attached hydrogens (tertiary/aromatic N) is 1. The van der Waals surface area contributed by atoms with Gasteiger partial charge in [-0.05, 0) is 48.5 Å². The number of benzene rings is 3. The van der Waals surface area contributed by atoms with Gasteiger partial charge in [0.15, 0.2) is 0 Å². The van der Waals surface area contributed by atoms with Crippen molar-refractivity contribution >= 4 is 27.8 Å². The first kappa shape index (κ1) is 15.0. The van der Waals surface area contributed by atoms with Gasteiger partial charge in [0.25, 0.3) is 0 Å². The number of carboxylic acids is 1. The van der Waals surface area contributed by atoms with Crippen LogP contribution in [0.1, 0.15) is 17.3 Å². The first-order chi connectivity index (χ1) is 12.8. The van der Waals surface area contributed by atoms with Crippen molar-refractivity contribution in [3.8, 4) is 5.69 Å². The number of aromatic carboxylic acids is 1. The Hall–Kier alpha value is -3.28. The summed E-state index contributed by atoms with van der Waals surface area (Å²) in [5, 5.41) is 10.7. The molecule has 3 aromatic carbocycles. The van der Waals surface area contributed by atoms with Crippen LogP contribution in [0.15, 0.2) is 66.7 Å². The highest BCUT2D eigenvalue weighted by molar-refractivity contribution is 6.11. The van der Waals surface area contributed by atoms with Crippen LogP contribution in [0.4, 0.5) is 13.2 Å². The Morgan fingerprint density at radius 1 is 0.962 bits per heavy atom. The molecule has 1 aromatic heterocycles. The zero-order valence-electron chi connectivity index (χ0n) is 14.2. The summed E-state index contributed by atoms with van der Waals surface area (Å²) in [5.74, 6) is -1.07. The molecular formula is C20H12F3NO2. The molecule has 0 amide bonds. The van der Waals surface area contributed by atoms with Gasteiger partial charge in [0.2, 0.25) is 0 Å². The first-order valence-electron chi connectivity index (χ1n) is 8.22. The maximum Gasteiger partial charge on any atom is 0.416 e. The Kier molecular flexibility index (Phi) is 3.25. The normalized spacial score (nSPS) is 12.5. The number of hydrogen-bond acceptors (Lipinski definition) is 1. The first-order valence-corrected chi connectivity index (χ1v) is 7.72. The lowest BCUT2D eigenvalue weighted by Crippen LogP contribution is -2.05. The van der Waals surface area contributed by atoms with Crippen LogP contribution in [0, 0.1) is 0 Å². The minimum atomic E-state index is -4.52. The minimum Gasteiger partial charge on any atom is -0.478 e. The number of alkyl halides is 3. The zero-order chi connectivity index (χ0) is 19.3. The second kappa shape index (κ2) is 5.62. The Bertz CT molecular complexity index is 1210. The summed E-state index contributed by atoms with van der Waals surface area (Å²) in [7, 11) is 0. The number of para-hydroxylation sites is 1.